The first-order valence-corrected chi connectivity index (χ1v) is 9.54. The molecule has 0 saturated carbocycles. The maximum atomic E-state index is 12.7. The number of nitriles is 1. The minimum Gasteiger partial charge on any atom is -0.444 e. The van der Waals surface area contributed by atoms with E-state index in [1.54, 1.807) is 20.8 Å². The van der Waals surface area contributed by atoms with Crippen LogP contribution in [0.5, 0.6) is 0 Å². The Kier molecular flexibility index (Phi) is 5.62. The summed E-state index contributed by atoms with van der Waals surface area (Å²) >= 11 is 5.93. The number of hydrogen-bond acceptors (Lipinski definition) is 5. The summed E-state index contributed by atoms with van der Waals surface area (Å²) in [5.74, 6) is 0. The second kappa shape index (κ2) is 7.20. The lowest BCUT2D eigenvalue weighted by Crippen LogP contribution is -2.51. The van der Waals surface area contributed by atoms with Gasteiger partial charge in [0.2, 0.25) is 10.0 Å². The third-order valence-corrected chi connectivity index (χ3v) is 5.80. The summed E-state index contributed by atoms with van der Waals surface area (Å²) in [7, 11) is -3.73. The van der Waals surface area contributed by atoms with Gasteiger partial charge in [-0.05, 0) is 39.0 Å². The molecule has 1 aliphatic heterocycles. The molecule has 1 saturated heterocycles. The number of sulfonamides is 1. The normalized spacial score (nSPS) is 16.4. The number of ether oxygens (including phenoxy) is 1. The van der Waals surface area contributed by atoms with Crippen LogP contribution in [0.1, 0.15) is 26.3 Å². The van der Waals surface area contributed by atoms with E-state index in [0.717, 1.165) is 0 Å². The average molecular weight is 386 g/mol. The summed E-state index contributed by atoms with van der Waals surface area (Å²) in [6.07, 6.45) is -0.453. The van der Waals surface area contributed by atoms with E-state index in [-0.39, 0.29) is 41.7 Å². The van der Waals surface area contributed by atoms with E-state index >= 15 is 0 Å². The molecule has 0 radical (unpaired) electrons. The van der Waals surface area contributed by atoms with E-state index in [1.807, 2.05) is 6.07 Å². The second-order valence-electron chi connectivity index (χ2n) is 6.62. The molecule has 2 rings (SSSR count). The lowest BCUT2D eigenvalue weighted by Gasteiger charge is -2.35. The van der Waals surface area contributed by atoms with Crippen LogP contribution in [0, 0.1) is 11.3 Å². The van der Waals surface area contributed by atoms with Gasteiger partial charge in [-0.3, -0.25) is 0 Å². The van der Waals surface area contributed by atoms with E-state index in [2.05, 4.69) is 0 Å². The Morgan fingerprint density at radius 1 is 1.24 bits per heavy atom. The lowest BCUT2D eigenvalue weighted by atomic mass is 10.2. The van der Waals surface area contributed by atoms with E-state index in [4.69, 9.17) is 21.6 Å². The van der Waals surface area contributed by atoms with Crippen LogP contribution in [-0.2, 0) is 14.8 Å². The fourth-order valence-electron chi connectivity index (χ4n) is 2.33. The maximum Gasteiger partial charge on any atom is 0.410 e. The third kappa shape index (κ3) is 4.63. The molecule has 0 atom stereocenters. The Morgan fingerprint density at radius 3 is 2.32 bits per heavy atom. The number of benzene rings is 1. The SMILES string of the molecule is CC(C)(C)OC(=O)N1CCN(S(=O)(=O)c2ccc(C#N)c(Cl)c2)CC1. The molecule has 1 amide bonds. The molecule has 1 heterocycles. The minimum atomic E-state index is -3.73. The van der Waals surface area contributed by atoms with Crippen LogP contribution in [0.4, 0.5) is 4.79 Å². The van der Waals surface area contributed by atoms with Gasteiger partial charge in [0, 0.05) is 26.2 Å². The predicted molar refractivity (Wildman–Crippen MR) is 92.7 cm³/mol. The highest BCUT2D eigenvalue weighted by Crippen LogP contribution is 2.24. The number of rotatable bonds is 2. The average Bonchev–Trinajstić information content (AvgIpc) is 2.53. The van der Waals surface area contributed by atoms with Crippen molar-refractivity contribution in [3.63, 3.8) is 0 Å². The molecule has 0 aromatic heterocycles. The molecule has 9 heteroatoms. The van der Waals surface area contributed by atoms with Gasteiger partial charge >= 0.3 is 6.09 Å². The van der Waals surface area contributed by atoms with Gasteiger partial charge in [0.05, 0.1) is 15.5 Å². The molecular formula is C16H20ClN3O4S. The summed E-state index contributed by atoms with van der Waals surface area (Å²) in [6, 6.07) is 5.91. The number of carbonyl (C=O) groups is 1. The van der Waals surface area contributed by atoms with Crippen LogP contribution in [0.2, 0.25) is 5.02 Å². The zero-order chi connectivity index (χ0) is 18.8. The number of hydrogen-bond donors (Lipinski definition) is 0. The molecule has 1 aromatic rings. The summed E-state index contributed by atoms with van der Waals surface area (Å²) < 4.78 is 32.0. The molecule has 0 bridgehead atoms. The van der Waals surface area contributed by atoms with Crippen LogP contribution in [0.15, 0.2) is 23.1 Å². The van der Waals surface area contributed by atoms with Gasteiger partial charge in [-0.2, -0.15) is 9.57 Å². The molecule has 0 aliphatic carbocycles. The van der Waals surface area contributed by atoms with Crippen molar-refractivity contribution in [1.29, 1.82) is 5.26 Å². The van der Waals surface area contributed by atoms with Crippen molar-refractivity contribution in [2.45, 2.75) is 31.3 Å². The standard InChI is InChI=1S/C16H20ClN3O4S/c1-16(2,3)24-15(21)19-6-8-20(9-7-19)25(22,23)13-5-4-12(11-18)14(17)10-13/h4-5,10H,6-9H2,1-3H3. The molecule has 7 nitrogen and oxygen atoms in total. The van der Waals surface area contributed by atoms with E-state index < -0.39 is 21.7 Å². The lowest BCUT2D eigenvalue weighted by molar-refractivity contribution is 0.0192. The number of amides is 1. The minimum absolute atomic E-state index is 0.0298. The van der Waals surface area contributed by atoms with Crippen LogP contribution in [0.25, 0.3) is 0 Å². The summed E-state index contributed by atoms with van der Waals surface area (Å²) in [6.45, 7) is 6.16. The summed E-state index contributed by atoms with van der Waals surface area (Å²) in [4.78, 5) is 13.6. The Hall–Kier alpha value is -1.82. The zero-order valence-corrected chi connectivity index (χ0v) is 15.9. The Morgan fingerprint density at radius 2 is 1.84 bits per heavy atom. The van der Waals surface area contributed by atoms with Crippen molar-refractivity contribution in [2.24, 2.45) is 0 Å². The maximum absolute atomic E-state index is 12.7. The number of halogens is 1. The van der Waals surface area contributed by atoms with Crippen molar-refractivity contribution >= 4 is 27.7 Å². The summed E-state index contributed by atoms with van der Waals surface area (Å²) in [5.41, 5.74) is -0.380. The van der Waals surface area contributed by atoms with E-state index in [0.29, 0.717) is 0 Å². The van der Waals surface area contributed by atoms with Gasteiger partial charge in [0.1, 0.15) is 11.7 Å². The van der Waals surface area contributed by atoms with Crippen molar-refractivity contribution in [3.8, 4) is 6.07 Å². The Balaban J connectivity index is 2.08. The molecule has 0 spiro atoms. The van der Waals surface area contributed by atoms with Crippen molar-refractivity contribution in [2.75, 3.05) is 26.2 Å². The van der Waals surface area contributed by atoms with Crippen molar-refractivity contribution in [3.05, 3.63) is 28.8 Å². The van der Waals surface area contributed by atoms with Gasteiger partial charge in [-0.15, -0.1) is 0 Å². The Bertz CT molecular complexity index is 804. The van der Waals surface area contributed by atoms with Gasteiger partial charge < -0.3 is 9.64 Å². The first-order chi connectivity index (χ1) is 11.5. The largest absolute Gasteiger partial charge is 0.444 e. The molecule has 1 fully saturated rings. The highest BCUT2D eigenvalue weighted by atomic mass is 35.5. The Labute approximate surface area is 152 Å². The first kappa shape index (κ1) is 19.5. The van der Waals surface area contributed by atoms with Gasteiger partial charge in [-0.1, -0.05) is 11.6 Å². The number of piperazine rings is 1. The van der Waals surface area contributed by atoms with Crippen molar-refractivity contribution < 1.29 is 17.9 Å². The first-order valence-electron chi connectivity index (χ1n) is 7.72. The highest BCUT2D eigenvalue weighted by Gasteiger charge is 2.32. The van der Waals surface area contributed by atoms with Crippen molar-refractivity contribution in [1.82, 2.24) is 9.21 Å². The fraction of sp³-hybridized carbons (Fsp3) is 0.500. The molecule has 1 aliphatic rings. The van der Waals surface area contributed by atoms with E-state index in [9.17, 15) is 13.2 Å². The predicted octanol–water partition coefficient (Wildman–Crippen LogP) is 2.45. The van der Waals surface area contributed by atoms with Crippen LogP contribution < -0.4 is 0 Å². The van der Waals surface area contributed by atoms with Crippen LogP contribution in [0.3, 0.4) is 0 Å². The topological polar surface area (TPSA) is 90.7 Å². The molecule has 25 heavy (non-hydrogen) atoms. The molecular weight excluding hydrogens is 366 g/mol. The third-order valence-electron chi connectivity index (χ3n) is 3.59. The fourth-order valence-corrected chi connectivity index (χ4v) is 4.07. The van der Waals surface area contributed by atoms with Gasteiger partial charge in [-0.25, -0.2) is 13.2 Å². The summed E-state index contributed by atoms with van der Waals surface area (Å²) in [5, 5.41) is 8.97. The molecule has 0 unspecified atom stereocenters. The smallest absolute Gasteiger partial charge is 0.410 e. The number of carbonyl (C=O) groups excluding carboxylic acids is 1. The van der Waals surface area contributed by atoms with Gasteiger partial charge in [0.25, 0.3) is 0 Å². The molecule has 136 valence electrons. The van der Waals surface area contributed by atoms with Crippen LogP contribution >= 0.6 is 11.6 Å². The second-order valence-corrected chi connectivity index (χ2v) is 8.97. The zero-order valence-electron chi connectivity index (χ0n) is 14.3. The highest BCUT2D eigenvalue weighted by molar-refractivity contribution is 7.89. The number of nitrogens with zero attached hydrogens (tertiary/aromatic N) is 3. The monoisotopic (exact) mass is 385 g/mol. The van der Waals surface area contributed by atoms with E-state index in [1.165, 1.54) is 27.4 Å². The van der Waals surface area contributed by atoms with Crippen LogP contribution in [-0.4, -0.2) is 55.5 Å². The molecule has 1 aromatic carbocycles. The quantitative estimate of drug-likeness (QED) is 0.779. The molecule has 0 N–H and O–H groups in total. The van der Waals surface area contributed by atoms with Gasteiger partial charge in [0.15, 0.2) is 0 Å².